The molecule has 0 aromatic carbocycles. The van der Waals surface area contributed by atoms with Crippen LogP contribution in [0.5, 0.6) is 0 Å². The minimum Gasteiger partial charge on any atom is -1.00 e. The van der Waals surface area contributed by atoms with Gasteiger partial charge in [-0.15, -0.1) is 0 Å². The van der Waals surface area contributed by atoms with Crippen LogP contribution >= 0.6 is 12.2 Å². The molecule has 0 heterocycles. The number of allylic oxidation sites excluding steroid dienone is 3. The van der Waals surface area contributed by atoms with Crippen molar-refractivity contribution in [3.05, 3.63) is 23.9 Å². The van der Waals surface area contributed by atoms with Crippen LogP contribution in [-0.4, -0.2) is 29.6 Å². The van der Waals surface area contributed by atoms with Gasteiger partial charge in [0.05, 0.1) is 0 Å². The lowest BCUT2D eigenvalue weighted by Crippen LogP contribution is -3.00. The molecule has 1 aliphatic carbocycles. The summed E-state index contributed by atoms with van der Waals surface area (Å²) in [6.07, 6.45) is 5.67. The van der Waals surface area contributed by atoms with Gasteiger partial charge >= 0.3 is 0 Å². The van der Waals surface area contributed by atoms with Gasteiger partial charge in [-0.3, -0.25) is 5.41 Å². The fourth-order valence-electron chi connectivity index (χ4n) is 0.801. The molecule has 0 unspecified atom stereocenters. The van der Waals surface area contributed by atoms with Crippen molar-refractivity contribution < 1.29 is 17.8 Å². The van der Waals surface area contributed by atoms with E-state index in [0.29, 0.717) is 5.71 Å². The standard InChI is InChI=1S/C8H10N2S.ClH/c1-10(2)6-3-4-7(9)8(11)5-6;/h3-5,9H,1-2H3;1H. The van der Waals surface area contributed by atoms with Gasteiger partial charge in [0.1, 0.15) is 4.86 Å². The molecule has 0 saturated carbocycles. The van der Waals surface area contributed by atoms with Crippen molar-refractivity contribution in [3.8, 4) is 0 Å². The Morgan fingerprint density at radius 2 is 1.92 bits per heavy atom. The summed E-state index contributed by atoms with van der Waals surface area (Å²) in [4.78, 5) is 2.71. The molecule has 0 amide bonds. The fraction of sp³-hybridized carbons (Fsp3) is 0.250. The van der Waals surface area contributed by atoms with E-state index in [4.69, 9.17) is 17.6 Å². The van der Waals surface area contributed by atoms with Crippen molar-refractivity contribution in [3.63, 3.8) is 0 Å². The van der Waals surface area contributed by atoms with E-state index in [-0.39, 0.29) is 12.4 Å². The number of nitrogens with two attached hydrogens (primary N) is 1. The first kappa shape index (κ1) is 11.3. The highest BCUT2D eigenvalue weighted by Gasteiger charge is 2.10. The molecular weight excluding hydrogens is 192 g/mol. The molecule has 0 radical (unpaired) electrons. The van der Waals surface area contributed by atoms with Crippen molar-refractivity contribution >= 4 is 22.8 Å². The first-order chi connectivity index (χ1) is 5.11. The summed E-state index contributed by atoms with van der Waals surface area (Å²) >= 11 is 5.01. The summed E-state index contributed by atoms with van der Waals surface area (Å²) < 4.78 is 0. The molecule has 0 aliphatic heterocycles. The molecule has 0 aromatic heterocycles. The predicted octanol–water partition coefficient (Wildman–Crippen LogP) is -3.42. The Labute approximate surface area is 83.9 Å². The van der Waals surface area contributed by atoms with Crippen LogP contribution in [0.25, 0.3) is 0 Å². The Balaban J connectivity index is 0.00000121. The van der Waals surface area contributed by atoms with Gasteiger partial charge in [-0.2, -0.15) is 0 Å². The van der Waals surface area contributed by atoms with Crippen LogP contribution in [0.1, 0.15) is 0 Å². The molecule has 0 spiro atoms. The maximum absolute atomic E-state index is 5.57. The molecule has 0 atom stereocenters. The largest absolute Gasteiger partial charge is 1.00 e. The van der Waals surface area contributed by atoms with Gasteiger partial charge in [-0.25, -0.2) is 0 Å². The SMILES string of the molecule is CN(C)C1=CC(=S)C(=[NH2+])C=C1.[Cl-]. The van der Waals surface area contributed by atoms with E-state index in [1.54, 1.807) is 0 Å². The quantitative estimate of drug-likeness (QED) is 0.449. The lowest BCUT2D eigenvalue weighted by molar-refractivity contribution is -0.108. The molecular formula is C8H11ClN2S. The second-order valence-electron chi connectivity index (χ2n) is 2.62. The Morgan fingerprint density at radius 3 is 2.33 bits per heavy atom. The van der Waals surface area contributed by atoms with Crippen molar-refractivity contribution in [1.29, 1.82) is 0 Å². The number of halogens is 1. The van der Waals surface area contributed by atoms with Crippen LogP contribution in [-0.2, 0) is 0 Å². The van der Waals surface area contributed by atoms with Gasteiger partial charge < -0.3 is 17.3 Å². The van der Waals surface area contributed by atoms with Gasteiger partial charge in [0.25, 0.3) is 0 Å². The highest BCUT2D eigenvalue weighted by Crippen LogP contribution is 2.06. The molecule has 1 rings (SSSR count). The van der Waals surface area contributed by atoms with Crippen LogP contribution in [0.3, 0.4) is 0 Å². The highest BCUT2D eigenvalue weighted by atomic mass is 35.5. The molecule has 66 valence electrons. The van der Waals surface area contributed by atoms with Crippen LogP contribution < -0.4 is 17.8 Å². The third kappa shape index (κ3) is 2.43. The third-order valence-corrected chi connectivity index (χ3v) is 1.87. The van der Waals surface area contributed by atoms with Gasteiger partial charge in [-0.1, -0.05) is 12.2 Å². The number of hydrogen-bond donors (Lipinski definition) is 1. The van der Waals surface area contributed by atoms with Crippen molar-refractivity contribution in [2.75, 3.05) is 14.1 Å². The van der Waals surface area contributed by atoms with E-state index < -0.39 is 0 Å². The van der Waals surface area contributed by atoms with E-state index in [1.165, 1.54) is 0 Å². The number of hydrogen-bond acceptors (Lipinski definition) is 2. The first-order valence-electron chi connectivity index (χ1n) is 3.35. The smallest absolute Gasteiger partial charge is 0.215 e. The zero-order valence-electron chi connectivity index (χ0n) is 7.04. The van der Waals surface area contributed by atoms with Gasteiger partial charge in [0, 0.05) is 25.9 Å². The van der Waals surface area contributed by atoms with Gasteiger partial charge in [0.15, 0.2) is 0 Å². The second-order valence-corrected chi connectivity index (χ2v) is 3.06. The summed E-state index contributed by atoms with van der Waals surface area (Å²) in [5.74, 6) is 0. The summed E-state index contributed by atoms with van der Waals surface area (Å²) in [6.45, 7) is 0. The van der Waals surface area contributed by atoms with E-state index in [0.717, 1.165) is 10.6 Å². The number of rotatable bonds is 1. The minimum atomic E-state index is 0. The lowest BCUT2D eigenvalue weighted by Gasteiger charge is -2.15. The van der Waals surface area contributed by atoms with E-state index in [1.807, 2.05) is 37.2 Å². The Hall–Kier alpha value is -0.670. The molecule has 0 fully saturated rings. The molecule has 2 N–H and O–H groups in total. The number of likely N-dealkylation sites (N-methyl/N-ethyl adjacent to an activating group) is 1. The predicted molar refractivity (Wildman–Crippen MR) is 50.4 cm³/mol. The minimum absolute atomic E-state index is 0. The van der Waals surface area contributed by atoms with Crippen molar-refractivity contribution in [2.45, 2.75) is 0 Å². The second kappa shape index (κ2) is 4.38. The molecule has 0 saturated heterocycles. The first-order valence-corrected chi connectivity index (χ1v) is 3.76. The molecule has 0 bridgehead atoms. The van der Waals surface area contributed by atoms with Gasteiger partial charge in [0.2, 0.25) is 5.71 Å². The van der Waals surface area contributed by atoms with Crippen LogP contribution in [0.15, 0.2) is 23.9 Å². The normalized spacial score (nSPS) is 15.3. The van der Waals surface area contributed by atoms with Crippen molar-refractivity contribution in [1.82, 2.24) is 4.90 Å². The average molecular weight is 203 g/mol. The number of nitrogens with zero attached hydrogens (tertiary/aromatic N) is 1. The summed E-state index contributed by atoms with van der Waals surface area (Å²) in [5.41, 5.74) is 1.76. The Kier molecular flexibility index (Phi) is 4.13. The van der Waals surface area contributed by atoms with Crippen LogP contribution in [0, 0.1) is 0 Å². The molecule has 1 aliphatic rings. The Morgan fingerprint density at radius 1 is 1.33 bits per heavy atom. The van der Waals surface area contributed by atoms with Crippen LogP contribution in [0.2, 0.25) is 0 Å². The highest BCUT2D eigenvalue weighted by molar-refractivity contribution is 7.82. The van der Waals surface area contributed by atoms with E-state index >= 15 is 0 Å². The van der Waals surface area contributed by atoms with Crippen LogP contribution in [0.4, 0.5) is 0 Å². The maximum atomic E-state index is 5.57. The monoisotopic (exact) mass is 202 g/mol. The fourth-order valence-corrected chi connectivity index (χ4v) is 0.990. The summed E-state index contributed by atoms with van der Waals surface area (Å²) in [5, 5.41) is 5.57. The lowest BCUT2D eigenvalue weighted by atomic mass is 10.1. The van der Waals surface area contributed by atoms with Crippen molar-refractivity contribution in [2.24, 2.45) is 0 Å². The molecule has 12 heavy (non-hydrogen) atoms. The summed E-state index contributed by atoms with van der Waals surface area (Å²) in [6, 6.07) is 0. The van der Waals surface area contributed by atoms with E-state index in [2.05, 4.69) is 0 Å². The molecule has 4 heteroatoms. The zero-order chi connectivity index (χ0) is 8.43. The van der Waals surface area contributed by atoms with E-state index in [9.17, 15) is 0 Å². The molecule has 0 aromatic rings. The third-order valence-electron chi connectivity index (χ3n) is 1.51. The maximum Gasteiger partial charge on any atom is 0.215 e. The average Bonchev–Trinajstić information content (AvgIpc) is 1.94. The molecule has 2 nitrogen and oxygen atoms in total. The summed E-state index contributed by atoms with van der Waals surface area (Å²) in [7, 11) is 3.95. The van der Waals surface area contributed by atoms with Gasteiger partial charge in [-0.05, 0) is 12.2 Å². The topological polar surface area (TPSA) is 28.8 Å². The zero-order valence-corrected chi connectivity index (χ0v) is 8.62. The Bertz CT molecular complexity index is 266. The number of thiocarbonyl (C=S) groups is 1.